The number of aromatic nitrogens is 3. The van der Waals surface area contributed by atoms with Crippen molar-refractivity contribution in [1.29, 1.82) is 5.26 Å². The predicted molar refractivity (Wildman–Crippen MR) is 81.6 cm³/mol. The van der Waals surface area contributed by atoms with Gasteiger partial charge in [0.2, 0.25) is 0 Å². The van der Waals surface area contributed by atoms with Gasteiger partial charge in [-0.15, -0.1) is 23.1 Å². The molecule has 0 atom stereocenters. The van der Waals surface area contributed by atoms with Crippen molar-refractivity contribution >= 4 is 33.3 Å². The van der Waals surface area contributed by atoms with E-state index in [0.29, 0.717) is 21.5 Å². The standard InChI is InChI=1S/C13H8N4O2S2/c14-5-8-9-10(11(18)17-13(19)16-9)21-12(8)20-6-7-1-3-15-4-2-7/h1-4H,6H2,(H2,16,17,18,19). The minimum atomic E-state index is -0.604. The van der Waals surface area contributed by atoms with Crippen LogP contribution in [-0.2, 0) is 5.75 Å². The second kappa shape index (κ2) is 5.55. The summed E-state index contributed by atoms with van der Waals surface area (Å²) >= 11 is 2.67. The number of nitrogens with zero attached hydrogens (tertiary/aromatic N) is 2. The first-order chi connectivity index (χ1) is 10.2. The smallest absolute Gasteiger partial charge is 0.305 e. The molecule has 0 saturated carbocycles. The van der Waals surface area contributed by atoms with Crippen molar-refractivity contribution in [3.05, 3.63) is 56.5 Å². The summed E-state index contributed by atoms with van der Waals surface area (Å²) in [6, 6.07) is 5.84. The molecule has 21 heavy (non-hydrogen) atoms. The average molecular weight is 316 g/mol. The summed E-state index contributed by atoms with van der Waals surface area (Å²) in [4.78, 5) is 31.7. The van der Waals surface area contributed by atoms with Crippen LogP contribution in [-0.4, -0.2) is 15.0 Å². The SMILES string of the molecule is N#Cc1c(SCc2ccncc2)sc2c(=O)[nH]c(=O)[nH]c12. The average Bonchev–Trinajstić information content (AvgIpc) is 2.84. The summed E-state index contributed by atoms with van der Waals surface area (Å²) < 4.78 is 1.08. The number of nitriles is 1. The topological polar surface area (TPSA) is 102 Å². The molecule has 0 aliphatic carbocycles. The Morgan fingerprint density at radius 2 is 2.05 bits per heavy atom. The van der Waals surface area contributed by atoms with Crippen LogP contribution in [0.1, 0.15) is 11.1 Å². The van der Waals surface area contributed by atoms with E-state index in [0.717, 1.165) is 9.77 Å². The fourth-order valence-corrected chi connectivity index (χ4v) is 4.10. The summed E-state index contributed by atoms with van der Waals surface area (Å²) in [7, 11) is 0. The number of thiophene rings is 1. The second-order valence-electron chi connectivity index (χ2n) is 4.13. The zero-order valence-corrected chi connectivity index (χ0v) is 12.2. The third-order valence-corrected chi connectivity index (χ3v) is 5.31. The number of hydrogen-bond donors (Lipinski definition) is 2. The number of aromatic amines is 2. The molecule has 2 N–H and O–H groups in total. The lowest BCUT2D eigenvalue weighted by atomic mass is 10.3. The molecule has 0 bridgehead atoms. The Morgan fingerprint density at radius 1 is 1.29 bits per heavy atom. The largest absolute Gasteiger partial charge is 0.326 e. The van der Waals surface area contributed by atoms with Gasteiger partial charge in [0.05, 0.1) is 9.73 Å². The van der Waals surface area contributed by atoms with Crippen molar-refractivity contribution in [2.24, 2.45) is 0 Å². The number of thioether (sulfide) groups is 1. The van der Waals surface area contributed by atoms with Crippen molar-refractivity contribution in [1.82, 2.24) is 15.0 Å². The van der Waals surface area contributed by atoms with Crippen molar-refractivity contribution in [3.8, 4) is 6.07 Å². The molecular weight excluding hydrogens is 308 g/mol. The highest BCUT2D eigenvalue weighted by Gasteiger charge is 2.16. The van der Waals surface area contributed by atoms with Gasteiger partial charge in [-0.3, -0.25) is 14.8 Å². The van der Waals surface area contributed by atoms with Gasteiger partial charge in [0.1, 0.15) is 16.3 Å². The van der Waals surface area contributed by atoms with Crippen molar-refractivity contribution in [2.75, 3.05) is 0 Å². The fraction of sp³-hybridized carbons (Fsp3) is 0.0769. The molecule has 8 heteroatoms. The molecular formula is C13H8N4O2S2. The minimum Gasteiger partial charge on any atom is -0.305 e. The van der Waals surface area contributed by atoms with Crippen LogP contribution in [0.3, 0.4) is 0 Å². The summed E-state index contributed by atoms with van der Waals surface area (Å²) in [6.45, 7) is 0. The van der Waals surface area contributed by atoms with Crippen LogP contribution in [0, 0.1) is 11.3 Å². The number of nitrogens with one attached hydrogen (secondary N) is 2. The molecule has 104 valence electrons. The van der Waals surface area contributed by atoms with E-state index in [1.807, 2.05) is 12.1 Å². The van der Waals surface area contributed by atoms with Crippen LogP contribution in [0.5, 0.6) is 0 Å². The molecule has 3 aromatic rings. The Bertz CT molecular complexity index is 950. The van der Waals surface area contributed by atoms with Gasteiger partial charge < -0.3 is 4.98 Å². The quantitative estimate of drug-likeness (QED) is 0.718. The van der Waals surface area contributed by atoms with Crippen LogP contribution in [0.25, 0.3) is 10.2 Å². The second-order valence-corrected chi connectivity index (χ2v) is 6.40. The molecule has 3 aromatic heterocycles. The third-order valence-electron chi connectivity index (χ3n) is 2.78. The molecule has 0 radical (unpaired) electrons. The Kier molecular flexibility index (Phi) is 3.60. The zero-order valence-electron chi connectivity index (χ0n) is 10.5. The van der Waals surface area contributed by atoms with Crippen LogP contribution >= 0.6 is 23.1 Å². The summed E-state index contributed by atoms with van der Waals surface area (Å²) in [5, 5.41) is 9.28. The van der Waals surface area contributed by atoms with Gasteiger partial charge in [0, 0.05) is 18.1 Å². The highest BCUT2D eigenvalue weighted by atomic mass is 32.2. The van der Waals surface area contributed by atoms with E-state index in [1.54, 1.807) is 12.4 Å². The molecule has 0 spiro atoms. The Balaban J connectivity index is 2.03. The molecule has 0 saturated heterocycles. The summed E-state index contributed by atoms with van der Waals surface area (Å²) in [5.41, 5.74) is 0.656. The molecule has 0 aliphatic heterocycles. The predicted octanol–water partition coefficient (Wildman–Crippen LogP) is 1.84. The van der Waals surface area contributed by atoms with Gasteiger partial charge in [-0.1, -0.05) is 0 Å². The number of H-pyrrole nitrogens is 2. The molecule has 0 unspecified atom stereocenters. The lowest BCUT2D eigenvalue weighted by molar-refractivity contribution is 1.08. The molecule has 0 amide bonds. The molecule has 3 rings (SSSR count). The summed E-state index contributed by atoms with van der Waals surface area (Å²) in [6.07, 6.45) is 3.41. The van der Waals surface area contributed by atoms with Crippen molar-refractivity contribution in [3.63, 3.8) is 0 Å². The van der Waals surface area contributed by atoms with Crippen LogP contribution in [0.2, 0.25) is 0 Å². The van der Waals surface area contributed by atoms with Crippen molar-refractivity contribution in [2.45, 2.75) is 9.96 Å². The Morgan fingerprint density at radius 3 is 2.76 bits per heavy atom. The van der Waals surface area contributed by atoms with Crippen molar-refractivity contribution < 1.29 is 0 Å². The number of hydrogen-bond acceptors (Lipinski definition) is 6. The highest BCUT2D eigenvalue weighted by molar-refractivity contribution is 8.00. The highest BCUT2D eigenvalue weighted by Crippen LogP contribution is 2.36. The maximum absolute atomic E-state index is 11.8. The molecule has 0 fully saturated rings. The minimum absolute atomic E-state index is 0.313. The van der Waals surface area contributed by atoms with Gasteiger partial charge in [0.25, 0.3) is 5.56 Å². The Hall–Kier alpha value is -2.37. The number of fused-ring (bicyclic) bond motifs is 1. The lowest BCUT2D eigenvalue weighted by Gasteiger charge is -1.99. The monoisotopic (exact) mass is 316 g/mol. The van der Waals surface area contributed by atoms with E-state index in [-0.39, 0.29) is 0 Å². The van der Waals surface area contributed by atoms with E-state index in [4.69, 9.17) is 0 Å². The van der Waals surface area contributed by atoms with E-state index >= 15 is 0 Å². The van der Waals surface area contributed by atoms with Crippen LogP contribution in [0.4, 0.5) is 0 Å². The maximum Gasteiger partial charge on any atom is 0.326 e. The van der Waals surface area contributed by atoms with Crippen LogP contribution in [0.15, 0.2) is 38.3 Å². The van der Waals surface area contributed by atoms with Gasteiger partial charge in [-0.2, -0.15) is 5.26 Å². The summed E-state index contributed by atoms with van der Waals surface area (Å²) in [5.74, 6) is 0.659. The van der Waals surface area contributed by atoms with Crippen LogP contribution < -0.4 is 11.2 Å². The first kappa shape index (κ1) is 13.6. The zero-order chi connectivity index (χ0) is 14.8. The molecule has 0 aromatic carbocycles. The first-order valence-corrected chi connectivity index (χ1v) is 7.70. The van der Waals surface area contributed by atoms with Gasteiger partial charge >= 0.3 is 5.69 Å². The Labute approximate surface area is 126 Å². The van der Waals surface area contributed by atoms with E-state index < -0.39 is 11.2 Å². The molecule has 3 heterocycles. The van der Waals surface area contributed by atoms with Gasteiger partial charge in [0.15, 0.2) is 0 Å². The lowest BCUT2D eigenvalue weighted by Crippen LogP contribution is -2.20. The van der Waals surface area contributed by atoms with E-state index in [1.165, 1.54) is 23.1 Å². The molecule has 6 nitrogen and oxygen atoms in total. The van der Waals surface area contributed by atoms with E-state index in [9.17, 15) is 14.9 Å². The fourth-order valence-electron chi connectivity index (χ4n) is 1.83. The third kappa shape index (κ3) is 2.61. The van der Waals surface area contributed by atoms with E-state index in [2.05, 4.69) is 21.0 Å². The van der Waals surface area contributed by atoms with Gasteiger partial charge in [-0.25, -0.2) is 4.79 Å². The number of pyridine rings is 1. The number of rotatable bonds is 3. The normalized spacial score (nSPS) is 10.6. The first-order valence-electron chi connectivity index (χ1n) is 5.90. The van der Waals surface area contributed by atoms with Gasteiger partial charge in [-0.05, 0) is 17.7 Å². The molecule has 0 aliphatic rings. The maximum atomic E-state index is 11.8.